The van der Waals surface area contributed by atoms with Crippen LogP contribution in [0.4, 0.5) is 0 Å². The molecule has 2 rings (SSSR count). The quantitative estimate of drug-likeness (QED) is 0.258. The highest BCUT2D eigenvalue weighted by Crippen LogP contribution is 2.42. The average molecular weight is 505 g/mol. The lowest BCUT2D eigenvalue weighted by molar-refractivity contribution is 0.153. The van der Waals surface area contributed by atoms with Crippen molar-refractivity contribution < 1.29 is 13.2 Å². The third-order valence-electron chi connectivity index (χ3n) is 4.65. The Labute approximate surface area is 173 Å². The summed E-state index contributed by atoms with van der Waals surface area (Å²) in [5, 5.41) is 3.35. The van der Waals surface area contributed by atoms with Crippen LogP contribution in [0, 0.1) is 0 Å². The van der Waals surface area contributed by atoms with Gasteiger partial charge in [-0.15, -0.1) is 24.0 Å². The van der Waals surface area contributed by atoms with Crippen LogP contribution in [-0.4, -0.2) is 81.7 Å². The standard InChI is InChI=1S/C16H31N3O3S2.HI/c1-17-15(18-8-10-22-11-13-24(2,20)21)19-9-12-23-16(14-19)6-4-3-5-7-16;/h3-14H2,1-2H3,(H,17,18);1H. The van der Waals surface area contributed by atoms with E-state index in [1.54, 1.807) is 0 Å². The molecule has 1 aliphatic carbocycles. The molecule has 0 amide bonds. The van der Waals surface area contributed by atoms with Gasteiger partial charge in [-0.05, 0) is 12.8 Å². The normalized spacial score (nSPS) is 21.0. The van der Waals surface area contributed by atoms with Crippen LogP contribution >= 0.6 is 35.7 Å². The molecule has 1 spiro atoms. The van der Waals surface area contributed by atoms with Crippen LogP contribution in [-0.2, 0) is 14.6 Å². The lowest BCUT2D eigenvalue weighted by Gasteiger charge is -2.45. The molecule has 1 saturated carbocycles. The number of nitrogens with one attached hydrogen (secondary N) is 1. The highest BCUT2D eigenvalue weighted by Gasteiger charge is 2.38. The topological polar surface area (TPSA) is 71.0 Å². The summed E-state index contributed by atoms with van der Waals surface area (Å²) in [7, 11) is -1.12. The Morgan fingerprint density at radius 3 is 2.64 bits per heavy atom. The summed E-state index contributed by atoms with van der Waals surface area (Å²) in [4.78, 5) is 6.79. The largest absolute Gasteiger partial charge is 0.379 e. The van der Waals surface area contributed by atoms with E-state index in [4.69, 9.17) is 4.74 Å². The maximum Gasteiger partial charge on any atom is 0.193 e. The summed E-state index contributed by atoms with van der Waals surface area (Å²) in [5.41, 5.74) is 0. The Hall–Kier alpha value is 0.260. The van der Waals surface area contributed by atoms with E-state index >= 15 is 0 Å². The number of hydrogen-bond donors (Lipinski definition) is 1. The lowest BCUT2D eigenvalue weighted by Crippen LogP contribution is -2.53. The van der Waals surface area contributed by atoms with E-state index in [0.29, 0.717) is 17.9 Å². The monoisotopic (exact) mass is 505 g/mol. The predicted molar refractivity (Wildman–Crippen MR) is 117 cm³/mol. The van der Waals surface area contributed by atoms with Crippen molar-refractivity contribution in [1.82, 2.24) is 10.2 Å². The van der Waals surface area contributed by atoms with Crippen molar-refractivity contribution in [2.75, 3.05) is 57.7 Å². The van der Waals surface area contributed by atoms with Gasteiger partial charge in [0, 0.05) is 43.4 Å². The minimum Gasteiger partial charge on any atom is -0.379 e. The molecule has 0 radical (unpaired) electrons. The van der Waals surface area contributed by atoms with Crippen molar-refractivity contribution in [2.45, 2.75) is 36.9 Å². The fourth-order valence-electron chi connectivity index (χ4n) is 3.40. The van der Waals surface area contributed by atoms with Crippen molar-refractivity contribution in [1.29, 1.82) is 0 Å². The zero-order valence-electron chi connectivity index (χ0n) is 15.3. The fraction of sp³-hybridized carbons (Fsp3) is 0.938. The summed E-state index contributed by atoms with van der Waals surface area (Å²) in [6.45, 7) is 3.49. The molecule has 2 fully saturated rings. The summed E-state index contributed by atoms with van der Waals surface area (Å²) >= 11 is 2.15. The first kappa shape index (κ1) is 23.3. The van der Waals surface area contributed by atoms with E-state index in [9.17, 15) is 8.42 Å². The van der Waals surface area contributed by atoms with Gasteiger partial charge in [-0.2, -0.15) is 11.8 Å². The third kappa shape index (κ3) is 8.21. The van der Waals surface area contributed by atoms with E-state index in [1.165, 1.54) is 38.4 Å². The van der Waals surface area contributed by atoms with Gasteiger partial charge in [0.2, 0.25) is 0 Å². The molecular formula is C16H32IN3O3S2. The Kier molecular flexibility index (Phi) is 10.4. The maximum atomic E-state index is 11.0. The minimum atomic E-state index is -2.95. The van der Waals surface area contributed by atoms with Crippen LogP contribution < -0.4 is 5.32 Å². The second-order valence-corrected chi connectivity index (χ2v) is 10.6. The Morgan fingerprint density at radius 2 is 2.00 bits per heavy atom. The van der Waals surface area contributed by atoms with Gasteiger partial charge in [-0.1, -0.05) is 19.3 Å². The summed E-state index contributed by atoms with van der Waals surface area (Å²) in [5.74, 6) is 2.17. The molecule has 1 aliphatic heterocycles. The van der Waals surface area contributed by atoms with E-state index < -0.39 is 9.84 Å². The molecule has 9 heteroatoms. The van der Waals surface area contributed by atoms with Gasteiger partial charge in [-0.25, -0.2) is 8.42 Å². The number of nitrogens with zero attached hydrogens (tertiary/aromatic N) is 2. The molecule has 25 heavy (non-hydrogen) atoms. The first-order valence-corrected chi connectivity index (χ1v) is 11.8. The minimum absolute atomic E-state index is 0. The molecule has 6 nitrogen and oxygen atoms in total. The Balaban J connectivity index is 0.00000312. The molecular weight excluding hydrogens is 473 g/mol. The van der Waals surface area contributed by atoms with Crippen LogP contribution in [0.1, 0.15) is 32.1 Å². The fourth-order valence-corrected chi connectivity index (χ4v) is 5.39. The molecule has 0 aromatic rings. The van der Waals surface area contributed by atoms with E-state index in [-0.39, 0.29) is 36.3 Å². The zero-order valence-corrected chi connectivity index (χ0v) is 19.3. The molecule has 2 aliphatic rings. The van der Waals surface area contributed by atoms with Gasteiger partial charge >= 0.3 is 0 Å². The number of ether oxygens (including phenoxy) is 1. The van der Waals surface area contributed by atoms with Crippen LogP contribution in [0.2, 0.25) is 0 Å². The number of halogens is 1. The molecule has 148 valence electrons. The van der Waals surface area contributed by atoms with Gasteiger partial charge in [0.1, 0.15) is 9.84 Å². The van der Waals surface area contributed by atoms with Gasteiger partial charge in [0.15, 0.2) is 5.96 Å². The zero-order chi connectivity index (χ0) is 17.5. The Morgan fingerprint density at radius 1 is 1.28 bits per heavy atom. The van der Waals surface area contributed by atoms with Crippen molar-refractivity contribution in [2.24, 2.45) is 4.99 Å². The second kappa shape index (κ2) is 11.2. The van der Waals surface area contributed by atoms with Crippen molar-refractivity contribution in [3.05, 3.63) is 0 Å². The molecule has 0 aromatic carbocycles. The van der Waals surface area contributed by atoms with Crippen LogP contribution in [0.25, 0.3) is 0 Å². The first-order chi connectivity index (χ1) is 11.4. The third-order valence-corrected chi connectivity index (χ3v) is 7.10. The highest BCUT2D eigenvalue weighted by atomic mass is 127. The number of thioether (sulfide) groups is 1. The summed E-state index contributed by atoms with van der Waals surface area (Å²) in [6.07, 6.45) is 7.94. The van der Waals surface area contributed by atoms with Crippen LogP contribution in [0.3, 0.4) is 0 Å². The second-order valence-electron chi connectivity index (χ2n) is 6.73. The molecule has 0 aromatic heterocycles. The van der Waals surface area contributed by atoms with Crippen LogP contribution in [0.15, 0.2) is 4.99 Å². The average Bonchev–Trinajstić information content (AvgIpc) is 2.54. The molecule has 0 unspecified atom stereocenters. The number of hydrogen-bond acceptors (Lipinski definition) is 5. The van der Waals surface area contributed by atoms with E-state index in [2.05, 4.69) is 27.0 Å². The van der Waals surface area contributed by atoms with E-state index in [0.717, 1.165) is 24.8 Å². The number of aliphatic imine (C=N–C) groups is 1. The molecule has 0 atom stereocenters. The molecule has 1 heterocycles. The SMILES string of the molecule is CN=C(NCCOCCS(C)(=O)=O)N1CCSC2(CCCCC2)C1.I. The highest BCUT2D eigenvalue weighted by molar-refractivity contribution is 14.0. The molecule has 1 saturated heterocycles. The first-order valence-electron chi connectivity index (χ1n) is 8.79. The van der Waals surface area contributed by atoms with Crippen molar-refractivity contribution >= 4 is 51.5 Å². The maximum absolute atomic E-state index is 11.0. The van der Waals surface area contributed by atoms with Crippen molar-refractivity contribution in [3.63, 3.8) is 0 Å². The van der Waals surface area contributed by atoms with Crippen LogP contribution in [0.5, 0.6) is 0 Å². The van der Waals surface area contributed by atoms with Gasteiger partial charge < -0.3 is 15.0 Å². The van der Waals surface area contributed by atoms with Gasteiger partial charge in [0.05, 0.1) is 19.0 Å². The van der Waals surface area contributed by atoms with Crippen molar-refractivity contribution in [3.8, 4) is 0 Å². The predicted octanol–water partition coefficient (Wildman–Crippen LogP) is 1.99. The van der Waals surface area contributed by atoms with E-state index in [1.807, 2.05) is 7.05 Å². The van der Waals surface area contributed by atoms with Gasteiger partial charge in [0.25, 0.3) is 0 Å². The number of guanidine groups is 1. The number of rotatable bonds is 6. The molecule has 1 N–H and O–H groups in total. The molecule has 0 bridgehead atoms. The number of sulfone groups is 1. The van der Waals surface area contributed by atoms with Gasteiger partial charge in [-0.3, -0.25) is 4.99 Å². The summed E-state index contributed by atoms with van der Waals surface area (Å²) in [6, 6.07) is 0. The summed E-state index contributed by atoms with van der Waals surface area (Å²) < 4.78 is 27.9. The smallest absolute Gasteiger partial charge is 0.193 e. The Bertz CT molecular complexity index is 517. The lowest BCUT2D eigenvalue weighted by atomic mass is 9.87.